The van der Waals surface area contributed by atoms with Gasteiger partial charge in [0.05, 0.1) is 16.6 Å². The van der Waals surface area contributed by atoms with Crippen LogP contribution in [0.1, 0.15) is 18.2 Å². The summed E-state index contributed by atoms with van der Waals surface area (Å²) >= 11 is 1.77. The number of thiophene rings is 1. The zero-order valence-electron chi connectivity index (χ0n) is 32.6. The van der Waals surface area contributed by atoms with Crippen molar-refractivity contribution < 1.29 is 4.42 Å². The Bertz CT molecular complexity index is 3760. The Hall–Kier alpha value is -7.67. The summed E-state index contributed by atoms with van der Waals surface area (Å²) in [7, 11) is 0. The second-order valence-corrected chi connectivity index (χ2v) is 16.2. The SMILES string of the molecule is C=Cc1c(/C=C\C)oc2c(-c3nc(-c4ccccc4)nc(-c4cc(-n5c6ccccc6c6c7ccccc7ccc65)cc5c4sc4ccccc45)n3)cc3ccccc3c12. The Morgan fingerprint density at radius 1 is 0.567 bits per heavy atom. The molecule has 0 aliphatic rings. The second-order valence-electron chi connectivity index (χ2n) is 15.1. The lowest BCUT2D eigenvalue weighted by atomic mass is 9.98. The fraction of sp³-hybridized carbons (Fsp3) is 0.0185. The van der Waals surface area contributed by atoms with Gasteiger partial charge in [0.15, 0.2) is 17.5 Å². The average molecular weight is 787 g/mol. The van der Waals surface area contributed by atoms with Crippen LogP contribution >= 0.6 is 11.3 Å². The maximum absolute atomic E-state index is 6.75. The Balaban J connectivity index is 1.20. The number of allylic oxidation sites excluding steroid dienone is 1. The molecule has 0 amide bonds. The van der Waals surface area contributed by atoms with Crippen molar-refractivity contribution in [1.82, 2.24) is 19.5 Å². The predicted octanol–water partition coefficient (Wildman–Crippen LogP) is 15.1. The van der Waals surface area contributed by atoms with Gasteiger partial charge in [0, 0.05) is 58.7 Å². The number of furan rings is 1. The van der Waals surface area contributed by atoms with Crippen LogP contribution in [0.15, 0.2) is 175 Å². The molecule has 0 aliphatic heterocycles. The highest BCUT2D eigenvalue weighted by Crippen LogP contribution is 2.45. The van der Waals surface area contributed by atoms with Crippen LogP contribution in [0.3, 0.4) is 0 Å². The molecule has 282 valence electrons. The quantitative estimate of drug-likeness (QED) is 0.168. The van der Waals surface area contributed by atoms with Crippen LogP contribution in [-0.2, 0) is 0 Å². The lowest BCUT2D eigenvalue weighted by Gasteiger charge is -2.14. The molecule has 60 heavy (non-hydrogen) atoms. The van der Waals surface area contributed by atoms with Gasteiger partial charge in [0.2, 0.25) is 0 Å². The Labute approximate surface area is 348 Å². The maximum atomic E-state index is 6.75. The highest BCUT2D eigenvalue weighted by atomic mass is 32.1. The number of fused-ring (bicyclic) bond motifs is 11. The van der Waals surface area contributed by atoms with Crippen molar-refractivity contribution in [3.63, 3.8) is 0 Å². The van der Waals surface area contributed by atoms with Gasteiger partial charge in [-0.1, -0.05) is 140 Å². The number of hydrogen-bond acceptors (Lipinski definition) is 5. The van der Waals surface area contributed by atoms with Gasteiger partial charge in [-0.3, -0.25) is 0 Å². The molecule has 5 nitrogen and oxygen atoms in total. The first-order valence-electron chi connectivity index (χ1n) is 20.1. The molecule has 0 bridgehead atoms. The van der Waals surface area contributed by atoms with Crippen molar-refractivity contribution in [2.45, 2.75) is 6.92 Å². The molecule has 0 atom stereocenters. The van der Waals surface area contributed by atoms with Crippen molar-refractivity contribution in [2.24, 2.45) is 0 Å². The van der Waals surface area contributed by atoms with Crippen LogP contribution < -0.4 is 0 Å². The summed E-state index contributed by atoms with van der Waals surface area (Å²) in [5.74, 6) is 2.46. The number of nitrogens with zero attached hydrogens (tertiary/aromatic N) is 4. The summed E-state index contributed by atoms with van der Waals surface area (Å²) in [4.78, 5) is 16.0. The molecule has 12 aromatic rings. The zero-order chi connectivity index (χ0) is 39.9. The van der Waals surface area contributed by atoms with Gasteiger partial charge < -0.3 is 8.98 Å². The largest absolute Gasteiger partial charge is 0.455 e. The monoisotopic (exact) mass is 786 g/mol. The Morgan fingerprint density at radius 2 is 1.23 bits per heavy atom. The second kappa shape index (κ2) is 13.4. The lowest BCUT2D eigenvalue weighted by Crippen LogP contribution is -2.02. The van der Waals surface area contributed by atoms with E-state index < -0.39 is 0 Å². The molecular formula is C54H34N4OS. The third kappa shape index (κ3) is 5.14. The van der Waals surface area contributed by atoms with Crippen molar-refractivity contribution in [3.8, 4) is 39.9 Å². The van der Waals surface area contributed by atoms with E-state index in [0.717, 1.165) is 71.0 Å². The normalized spacial score (nSPS) is 12.1. The van der Waals surface area contributed by atoms with E-state index in [1.165, 1.54) is 31.6 Å². The maximum Gasteiger partial charge on any atom is 0.167 e. The third-order valence-electron chi connectivity index (χ3n) is 11.7. The number of para-hydroxylation sites is 1. The molecule has 0 saturated carbocycles. The van der Waals surface area contributed by atoms with E-state index in [9.17, 15) is 0 Å². The fourth-order valence-electron chi connectivity index (χ4n) is 9.09. The van der Waals surface area contributed by atoms with E-state index >= 15 is 0 Å². The van der Waals surface area contributed by atoms with Gasteiger partial charge in [-0.05, 0) is 70.9 Å². The minimum atomic E-state index is 0.536. The summed E-state index contributed by atoms with van der Waals surface area (Å²) < 4.78 is 11.5. The minimum absolute atomic E-state index is 0.536. The van der Waals surface area contributed by atoms with Crippen molar-refractivity contribution >= 4 is 98.0 Å². The van der Waals surface area contributed by atoms with Crippen LogP contribution in [0.4, 0.5) is 0 Å². The van der Waals surface area contributed by atoms with E-state index in [-0.39, 0.29) is 0 Å². The van der Waals surface area contributed by atoms with Crippen LogP contribution in [-0.4, -0.2) is 19.5 Å². The fourth-order valence-corrected chi connectivity index (χ4v) is 10.3. The summed E-state index contributed by atoms with van der Waals surface area (Å²) in [6, 6.07) is 55.9. The molecule has 0 saturated heterocycles. The van der Waals surface area contributed by atoms with Gasteiger partial charge in [0.25, 0.3) is 0 Å². The van der Waals surface area contributed by atoms with Gasteiger partial charge in [-0.2, -0.15) is 0 Å². The molecule has 0 N–H and O–H groups in total. The predicted molar refractivity (Wildman–Crippen MR) is 253 cm³/mol. The van der Waals surface area contributed by atoms with Crippen LogP contribution in [0.25, 0.3) is 126 Å². The molecule has 0 unspecified atom stereocenters. The molecule has 4 heterocycles. The first kappa shape index (κ1) is 34.4. The molecule has 0 radical (unpaired) electrons. The lowest BCUT2D eigenvalue weighted by molar-refractivity contribution is 0.604. The first-order chi connectivity index (χ1) is 29.7. The standard InChI is InChI=1S/C54H34N4OS/c1-3-16-46-36(4-2)49-38-22-11-9-20-34(38)29-42(50(49)59-46)53-55-52(33-18-6-5-7-19-33)56-54(57-53)43-31-35(30-41-39-23-13-15-26-47(39)60-51(41)43)58-44-25-14-12-24-40(44)48-37-21-10-8-17-32(37)27-28-45(48)58/h3-31H,2H2,1H3/b16-3-. The highest BCUT2D eigenvalue weighted by molar-refractivity contribution is 7.26. The van der Waals surface area contributed by atoms with Gasteiger partial charge in [0.1, 0.15) is 11.3 Å². The zero-order valence-corrected chi connectivity index (χ0v) is 33.4. The summed E-state index contributed by atoms with van der Waals surface area (Å²) in [6.07, 6.45) is 5.86. The molecule has 8 aromatic carbocycles. The van der Waals surface area contributed by atoms with Crippen LogP contribution in [0, 0.1) is 0 Å². The van der Waals surface area contributed by atoms with E-state index in [0.29, 0.717) is 23.1 Å². The van der Waals surface area contributed by atoms with E-state index in [1.807, 2.05) is 43.4 Å². The summed E-state index contributed by atoms with van der Waals surface area (Å²) in [6.45, 7) is 6.20. The van der Waals surface area contributed by atoms with E-state index in [2.05, 4.69) is 151 Å². The number of aromatic nitrogens is 4. The average Bonchev–Trinajstić information content (AvgIpc) is 3.98. The van der Waals surface area contributed by atoms with Crippen molar-refractivity contribution in [1.29, 1.82) is 0 Å². The topological polar surface area (TPSA) is 56.7 Å². The molecule has 6 heteroatoms. The Kier molecular flexibility index (Phi) is 7.71. The molecule has 0 spiro atoms. The van der Waals surface area contributed by atoms with Gasteiger partial charge in [-0.25, -0.2) is 15.0 Å². The number of rotatable bonds is 6. The number of benzene rings is 8. The van der Waals surface area contributed by atoms with Gasteiger partial charge >= 0.3 is 0 Å². The molecular weight excluding hydrogens is 753 g/mol. The molecule has 0 aliphatic carbocycles. The molecule has 12 rings (SSSR count). The van der Waals surface area contributed by atoms with Crippen molar-refractivity contribution in [3.05, 3.63) is 182 Å². The van der Waals surface area contributed by atoms with E-state index in [4.69, 9.17) is 19.4 Å². The Morgan fingerprint density at radius 3 is 2.03 bits per heavy atom. The minimum Gasteiger partial charge on any atom is -0.455 e. The highest BCUT2D eigenvalue weighted by Gasteiger charge is 2.24. The number of hydrogen-bond donors (Lipinski definition) is 0. The van der Waals surface area contributed by atoms with E-state index in [1.54, 1.807) is 11.3 Å². The van der Waals surface area contributed by atoms with Crippen LogP contribution in [0.5, 0.6) is 0 Å². The molecule has 0 fully saturated rings. The first-order valence-corrected chi connectivity index (χ1v) is 20.9. The summed E-state index contributed by atoms with van der Waals surface area (Å²) in [5.41, 5.74) is 7.61. The van der Waals surface area contributed by atoms with Gasteiger partial charge in [-0.15, -0.1) is 11.3 Å². The third-order valence-corrected chi connectivity index (χ3v) is 12.9. The van der Waals surface area contributed by atoms with Crippen molar-refractivity contribution in [2.75, 3.05) is 0 Å². The summed E-state index contributed by atoms with van der Waals surface area (Å²) in [5, 5.41) is 10.4. The smallest absolute Gasteiger partial charge is 0.167 e. The molecule has 4 aromatic heterocycles. The van der Waals surface area contributed by atoms with Crippen LogP contribution in [0.2, 0.25) is 0 Å².